The van der Waals surface area contributed by atoms with E-state index in [4.69, 9.17) is 10.7 Å². The summed E-state index contributed by atoms with van der Waals surface area (Å²) in [4.78, 5) is 4.72. The third-order valence-corrected chi connectivity index (χ3v) is 2.78. The van der Waals surface area contributed by atoms with Crippen molar-refractivity contribution in [2.24, 2.45) is 5.90 Å². The van der Waals surface area contributed by atoms with Gasteiger partial charge in [0.15, 0.2) is 0 Å². The molecule has 0 radical (unpaired) electrons. The maximum absolute atomic E-state index is 5.10. The highest BCUT2D eigenvalue weighted by atomic mass is 16.6. The predicted octanol–water partition coefficient (Wildman–Crippen LogP) is 1.14. The molecule has 82 valence electrons. The van der Waals surface area contributed by atoms with E-state index in [1.165, 1.54) is 11.1 Å². The lowest BCUT2D eigenvalue weighted by Crippen LogP contribution is -2.49. The molecule has 0 aliphatic carbocycles. The average molecular weight is 207 g/mol. The number of nitrogens with two attached hydrogens (primary N) is 1. The molecule has 4 nitrogen and oxygen atoms in total. The molecule has 2 rings (SSSR count). The first-order valence-electron chi connectivity index (χ1n) is 5.23. The molecule has 1 saturated heterocycles. The second kappa shape index (κ2) is 4.72. The lowest BCUT2D eigenvalue weighted by molar-refractivity contribution is -0.0107. The zero-order valence-corrected chi connectivity index (χ0v) is 8.86. The number of benzene rings is 1. The zero-order valence-electron chi connectivity index (χ0n) is 8.86. The summed E-state index contributed by atoms with van der Waals surface area (Å²) in [5.41, 5.74) is 8.81. The van der Waals surface area contributed by atoms with Crippen molar-refractivity contribution in [2.45, 2.75) is 32.0 Å². The molecule has 2 atom stereocenters. The third kappa shape index (κ3) is 2.54. The van der Waals surface area contributed by atoms with Crippen LogP contribution in [0.4, 0.5) is 0 Å². The second-order valence-corrected chi connectivity index (χ2v) is 3.95. The van der Waals surface area contributed by atoms with Gasteiger partial charge in [-0.1, -0.05) is 29.8 Å². The summed E-state index contributed by atoms with van der Waals surface area (Å²) >= 11 is 0. The third-order valence-electron chi connectivity index (χ3n) is 2.78. The van der Waals surface area contributed by atoms with Crippen molar-refractivity contribution in [3.8, 4) is 0 Å². The Balaban J connectivity index is 1.98. The van der Waals surface area contributed by atoms with Gasteiger partial charge in [-0.25, -0.2) is 16.7 Å². The Hall–Kier alpha value is -0.940. The van der Waals surface area contributed by atoms with Crippen molar-refractivity contribution in [1.29, 1.82) is 0 Å². The van der Waals surface area contributed by atoms with E-state index >= 15 is 0 Å². The van der Waals surface area contributed by atoms with Crippen molar-refractivity contribution in [3.05, 3.63) is 35.4 Å². The molecular formula is C11H17N3O. The standard InChI is InChI=1S/C11H17N3O/c1-8-2-4-9(5-3-8)10-6-7-11(15-12)14-13-10/h2-5,10-11,13-14H,6-7,12H2,1H3. The highest BCUT2D eigenvalue weighted by molar-refractivity contribution is 5.24. The van der Waals surface area contributed by atoms with Crippen molar-refractivity contribution >= 4 is 0 Å². The van der Waals surface area contributed by atoms with Crippen molar-refractivity contribution in [1.82, 2.24) is 10.9 Å². The van der Waals surface area contributed by atoms with E-state index in [0.29, 0.717) is 6.04 Å². The van der Waals surface area contributed by atoms with E-state index in [2.05, 4.69) is 42.0 Å². The molecule has 1 aromatic rings. The average Bonchev–Trinajstić information content (AvgIpc) is 2.30. The number of nitrogens with one attached hydrogen (secondary N) is 2. The number of hydrogen-bond acceptors (Lipinski definition) is 4. The SMILES string of the molecule is Cc1ccc(C2CCC(ON)NN2)cc1. The molecule has 4 N–H and O–H groups in total. The van der Waals surface area contributed by atoms with Crippen LogP contribution in [-0.2, 0) is 4.84 Å². The lowest BCUT2D eigenvalue weighted by atomic mass is 10.00. The minimum absolute atomic E-state index is 0.0771. The summed E-state index contributed by atoms with van der Waals surface area (Å²) in [5.74, 6) is 5.10. The van der Waals surface area contributed by atoms with Gasteiger partial charge in [0.2, 0.25) is 0 Å². The van der Waals surface area contributed by atoms with Crippen LogP contribution in [0.2, 0.25) is 0 Å². The van der Waals surface area contributed by atoms with Crippen molar-refractivity contribution < 1.29 is 4.84 Å². The highest BCUT2D eigenvalue weighted by Gasteiger charge is 2.20. The summed E-state index contributed by atoms with van der Waals surface area (Å²) in [7, 11) is 0. The van der Waals surface area contributed by atoms with Gasteiger partial charge < -0.3 is 0 Å². The Morgan fingerprint density at radius 2 is 1.93 bits per heavy atom. The Bertz CT molecular complexity index is 304. The van der Waals surface area contributed by atoms with Gasteiger partial charge in [0.25, 0.3) is 0 Å². The second-order valence-electron chi connectivity index (χ2n) is 3.95. The Morgan fingerprint density at radius 1 is 1.20 bits per heavy atom. The molecule has 0 bridgehead atoms. The molecule has 0 amide bonds. The van der Waals surface area contributed by atoms with Crippen LogP contribution in [0.15, 0.2) is 24.3 Å². The molecule has 2 unspecified atom stereocenters. The van der Waals surface area contributed by atoms with Gasteiger partial charge in [-0.2, -0.15) is 0 Å². The molecule has 1 aromatic carbocycles. The van der Waals surface area contributed by atoms with E-state index in [0.717, 1.165) is 12.8 Å². The van der Waals surface area contributed by atoms with Crippen LogP contribution < -0.4 is 16.7 Å². The largest absolute Gasteiger partial charge is 0.285 e. The summed E-state index contributed by atoms with van der Waals surface area (Å²) < 4.78 is 0. The topological polar surface area (TPSA) is 59.3 Å². The monoisotopic (exact) mass is 207 g/mol. The highest BCUT2D eigenvalue weighted by Crippen LogP contribution is 2.22. The van der Waals surface area contributed by atoms with Gasteiger partial charge >= 0.3 is 0 Å². The number of hydrazine groups is 1. The number of aryl methyl sites for hydroxylation is 1. The maximum Gasteiger partial charge on any atom is 0.141 e. The molecule has 0 aromatic heterocycles. The van der Waals surface area contributed by atoms with E-state index in [-0.39, 0.29) is 6.23 Å². The fraction of sp³-hybridized carbons (Fsp3) is 0.455. The van der Waals surface area contributed by atoms with Crippen LogP contribution in [0, 0.1) is 6.92 Å². The van der Waals surface area contributed by atoms with Gasteiger partial charge in [-0.15, -0.1) is 0 Å². The van der Waals surface area contributed by atoms with Crippen LogP contribution in [-0.4, -0.2) is 6.23 Å². The van der Waals surface area contributed by atoms with E-state index in [9.17, 15) is 0 Å². The first-order chi connectivity index (χ1) is 7.29. The van der Waals surface area contributed by atoms with Crippen molar-refractivity contribution in [2.75, 3.05) is 0 Å². The van der Waals surface area contributed by atoms with Crippen LogP contribution in [0.25, 0.3) is 0 Å². The first kappa shape index (κ1) is 10.6. The molecule has 15 heavy (non-hydrogen) atoms. The summed E-state index contributed by atoms with van der Waals surface area (Å²) in [5, 5.41) is 0. The molecule has 1 aliphatic heterocycles. The van der Waals surface area contributed by atoms with Gasteiger partial charge in [0, 0.05) is 6.04 Å². The summed E-state index contributed by atoms with van der Waals surface area (Å²) in [6.07, 6.45) is 1.87. The summed E-state index contributed by atoms with van der Waals surface area (Å²) in [6, 6.07) is 8.90. The molecule has 0 spiro atoms. The number of rotatable bonds is 2. The van der Waals surface area contributed by atoms with E-state index in [1.54, 1.807) is 0 Å². The molecule has 0 saturated carbocycles. The lowest BCUT2D eigenvalue weighted by Gasteiger charge is -2.29. The van der Waals surface area contributed by atoms with Crippen molar-refractivity contribution in [3.63, 3.8) is 0 Å². The molecule has 1 aliphatic rings. The molecule has 1 heterocycles. The van der Waals surface area contributed by atoms with Crippen LogP contribution in [0.3, 0.4) is 0 Å². The molecular weight excluding hydrogens is 190 g/mol. The number of hydrogen-bond donors (Lipinski definition) is 3. The Kier molecular flexibility index (Phi) is 3.33. The smallest absolute Gasteiger partial charge is 0.141 e. The normalized spacial score (nSPS) is 26.5. The maximum atomic E-state index is 5.10. The molecule has 1 fully saturated rings. The van der Waals surface area contributed by atoms with Gasteiger partial charge in [0.05, 0.1) is 0 Å². The zero-order chi connectivity index (χ0) is 10.7. The quantitative estimate of drug-likeness (QED) is 0.636. The van der Waals surface area contributed by atoms with Crippen LogP contribution >= 0.6 is 0 Å². The van der Waals surface area contributed by atoms with Gasteiger partial charge in [-0.05, 0) is 25.3 Å². The van der Waals surface area contributed by atoms with E-state index in [1.807, 2.05) is 0 Å². The van der Waals surface area contributed by atoms with E-state index < -0.39 is 0 Å². The minimum atomic E-state index is -0.0771. The van der Waals surface area contributed by atoms with Gasteiger partial charge in [0.1, 0.15) is 6.23 Å². The van der Waals surface area contributed by atoms with Gasteiger partial charge in [-0.3, -0.25) is 4.84 Å². The fourth-order valence-corrected chi connectivity index (χ4v) is 1.81. The van der Waals surface area contributed by atoms with Crippen LogP contribution in [0.1, 0.15) is 30.0 Å². The summed E-state index contributed by atoms with van der Waals surface area (Å²) in [6.45, 7) is 2.09. The fourth-order valence-electron chi connectivity index (χ4n) is 1.81. The van der Waals surface area contributed by atoms with Crippen LogP contribution in [0.5, 0.6) is 0 Å². The Morgan fingerprint density at radius 3 is 2.47 bits per heavy atom. The Labute approximate surface area is 89.7 Å². The minimum Gasteiger partial charge on any atom is -0.285 e. The molecule has 4 heteroatoms. The predicted molar refractivity (Wildman–Crippen MR) is 58.5 cm³/mol. The first-order valence-corrected chi connectivity index (χ1v) is 5.23.